The number of pyridine rings is 1. The first-order chi connectivity index (χ1) is 16.1. The fourth-order valence-electron chi connectivity index (χ4n) is 5.24. The molecule has 0 spiro atoms. The molecule has 1 atom stereocenters. The number of nitrogens with one attached hydrogen (secondary N) is 1. The molecule has 6 heteroatoms. The molecule has 0 radical (unpaired) electrons. The van der Waals surface area contributed by atoms with E-state index in [1.54, 1.807) is 30.6 Å². The largest absolute Gasteiger partial charge is 0.367 e. The van der Waals surface area contributed by atoms with Crippen LogP contribution < -0.4 is 5.32 Å². The molecule has 2 aromatic carbocycles. The number of hydrogen-bond donors (Lipinski definition) is 1. The highest BCUT2D eigenvalue weighted by Gasteiger charge is 2.25. The topological polar surface area (TPSA) is 74.5 Å². The molecule has 2 heterocycles. The lowest BCUT2D eigenvalue weighted by molar-refractivity contribution is 0.302. The number of rotatable bonds is 5. The van der Waals surface area contributed by atoms with E-state index in [1.807, 2.05) is 12.3 Å². The molecule has 0 aliphatic heterocycles. The third-order valence-corrected chi connectivity index (χ3v) is 6.86. The molecule has 4 aromatic rings. The molecule has 5 rings (SSSR count). The molecule has 1 aliphatic carbocycles. The number of anilines is 1. The lowest BCUT2D eigenvalue weighted by Gasteiger charge is -2.31. The molecular formula is C27H26FN5. The summed E-state index contributed by atoms with van der Waals surface area (Å²) in [6.45, 7) is 2.20. The fraction of sp³-hybridized carbons (Fsp3) is 0.333. The van der Waals surface area contributed by atoms with Crippen LogP contribution in [0.2, 0.25) is 0 Å². The molecule has 1 saturated carbocycles. The van der Waals surface area contributed by atoms with Crippen LogP contribution in [0, 0.1) is 23.1 Å². The molecule has 5 nitrogen and oxygen atoms in total. The average molecular weight is 440 g/mol. The number of benzene rings is 2. The third kappa shape index (κ3) is 4.49. The van der Waals surface area contributed by atoms with E-state index in [1.165, 1.54) is 11.6 Å². The minimum Gasteiger partial charge on any atom is -0.367 e. The van der Waals surface area contributed by atoms with Gasteiger partial charge in [0, 0.05) is 23.0 Å². The van der Waals surface area contributed by atoms with Gasteiger partial charge < -0.3 is 5.32 Å². The Kier molecular flexibility index (Phi) is 5.87. The summed E-state index contributed by atoms with van der Waals surface area (Å²) in [6.07, 6.45) is 9.00. The standard InChI is InChI=1S/C27H26FN5/c1-17(33-27-23-8-4-19(15-29)13-26(23)31-16-32-27)12-18-2-5-20(6-3-18)22-10-11-30-25-9-7-21(28)14-24(22)25/h4,7-11,13-14,16-18,20H,2-3,5-6,12H2,1H3,(H,31,32,33). The highest BCUT2D eigenvalue weighted by molar-refractivity contribution is 5.89. The van der Waals surface area contributed by atoms with Crippen LogP contribution in [0.15, 0.2) is 55.0 Å². The van der Waals surface area contributed by atoms with Crippen molar-refractivity contribution in [2.45, 2.75) is 51.0 Å². The van der Waals surface area contributed by atoms with E-state index in [9.17, 15) is 4.39 Å². The molecule has 0 amide bonds. The summed E-state index contributed by atoms with van der Waals surface area (Å²) in [4.78, 5) is 13.2. The number of fused-ring (bicyclic) bond motifs is 2. The van der Waals surface area contributed by atoms with E-state index in [-0.39, 0.29) is 11.9 Å². The van der Waals surface area contributed by atoms with Gasteiger partial charge in [-0.2, -0.15) is 5.26 Å². The Hall–Kier alpha value is -3.59. The number of nitrogens with zero attached hydrogens (tertiary/aromatic N) is 4. The number of aromatic nitrogens is 3. The summed E-state index contributed by atoms with van der Waals surface area (Å²) in [6, 6.07) is 14.9. The maximum absolute atomic E-state index is 13.8. The molecule has 0 saturated heterocycles. The number of halogens is 1. The van der Waals surface area contributed by atoms with Gasteiger partial charge in [-0.3, -0.25) is 4.98 Å². The van der Waals surface area contributed by atoms with Crippen LogP contribution in [0.4, 0.5) is 10.2 Å². The number of nitriles is 1. The van der Waals surface area contributed by atoms with Crippen LogP contribution >= 0.6 is 0 Å². The van der Waals surface area contributed by atoms with Crippen molar-refractivity contribution in [1.82, 2.24) is 15.0 Å². The second-order valence-electron chi connectivity index (χ2n) is 9.13. The SMILES string of the molecule is CC(CC1CCC(c2ccnc3ccc(F)cc23)CC1)Nc1ncnc2cc(C#N)ccc12. The van der Waals surface area contributed by atoms with Crippen molar-refractivity contribution < 1.29 is 4.39 Å². The van der Waals surface area contributed by atoms with E-state index in [0.717, 1.165) is 59.7 Å². The van der Waals surface area contributed by atoms with Crippen molar-refractivity contribution >= 4 is 27.6 Å². The smallest absolute Gasteiger partial charge is 0.137 e. The highest BCUT2D eigenvalue weighted by Crippen LogP contribution is 2.40. The molecule has 1 fully saturated rings. The molecule has 1 N–H and O–H groups in total. The predicted molar refractivity (Wildman–Crippen MR) is 128 cm³/mol. The predicted octanol–water partition coefficient (Wildman–Crippen LogP) is 6.35. The molecule has 166 valence electrons. The zero-order valence-corrected chi connectivity index (χ0v) is 18.6. The van der Waals surface area contributed by atoms with Gasteiger partial charge in [0.1, 0.15) is 18.0 Å². The molecule has 1 aliphatic rings. The maximum atomic E-state index is 13.8. The van der Waals surface area contributed by atoms with Gasteiger partial charge >= 0.3 is 0 Å². The Morgan fingerprint density at radius 2 is 1.85 bits per heavy atom. The average Bonchev–Trinajstić information content (AvgIpc) is 2.84. The number of hydrogen-bond acceptors (Lipinski definition) is 5. The lowest BCUT2D eigenvalue weighted by Crippen LogP contribution is -2.23. The minimum absolute atomic E-state index is 0.202. The normalized spacial score (nSPS) is 19.3. The molecule has 1 unspecified atom stereocenters. The van der Waals surface area contributed by atoms with Crippen LogP contribution in [-0.4, -0.2) is 21.0 Å². The first kappa shape index (κ1) is 21.3. The van der Waals surface area contributed by atoms with Crippen LogP contribution in [0.25, 0.3) is 21.8 Å². The first-order valence-electron chi connectivity index (χ1n) is 11.6. The molecule has 33 heavy (non-hydrogen) atoms. The highest BCUT2D eigenvalue weighted by atomic mass is 19.1. The van der Waals surface area contributed by atoms with Crippen LogP contribution in [0.3, 0.4) is 0 Å². The van der Waals surface area contributed by atoms with Crippen molar-refractivity contribution in [3.63, 3.8) is 0 Å². The van der Waals surface area contributed by atoms with Gasteiger partial charge in [0.15, 0.2) is 0 Å². The van der Waals surface area contributed by atoms with Gasteiger partial charge in [-0.05, 0) is 98.9 Å². The van der Waals surface area contributed by atoms with Gasteiger partial charge in [0.2, 0.25) is 0 Å². The van der Waals surface area contributed by atoms with Crippen LogP contribution in [0.1, 0.15) is 56.1 Å². The van der Waals surface area contributed by atoms with E-state index in [0.29, 0.717) is 17.4 Å². The molecule has 2 aromatic heterocycles. The van der Waals surface area contributed by atoms with Crippen molar-refractivity contribution in [2.24, 2.45) is 5.92 Å². The van der Waals surface area contributed by atoms with Crippen molar-refractivity contribution in [3.8, 4) is 6.07 Å². The van der Waals surface area contributed by atoms with Gasteiger partial charge in [-0.1, -0.05) is 0 Å². The van der Waals surface area contributed by atoms with Gasteiger partial charge in [0.25, 0.3) is 0 Å². The zero-order chi connectivity index (χ0) is 22.8. The Bertz CT molecular complexity index is 1340. The van der Waals surface area contributed by atoms with E-state index < -0.39 is 0 Å². The Balaban J connectivity index is 1.23. The Morgan fingerprint density at radius 3 is 2.67 bits per heavy atom. The summed E-state index contributed by atoms with van der Waals surface area (Å²) >= 11 is 0. The maximum Gasteiger partial charge on any atom is 0.137 e. The summed E-state index contributed by atoms with van der Waals surface area (Å²) in [5.74, 6) is 1.71. The quantitative estimate of drug-likeness (QED) is 0.392. The van der Waals surface area contributed by atoms with Crippen molar-refractivity contribution in [3.05, 3.63) is 71.9 Å². The lowest BCUT2D eigenvalue weighted by atomic mass is 9.76. The van der Waals surface area contributed by atoms with Gasteiger partial charge in [-0.25, -0.2) is 14.4 Å². The summed E-state index contributed by atoms with van der Waals surface area (Å²) < 4.78 is 13.8. The molecule has 0 bridgehead atoms. The second-order valence-corrected chi connectivity index (χ2v) is 9.13. The minimum atomic E-state index is -0.202. The van der Waals surface area contributed by atoms with Gasteiger partial charge in [0.05, 0.1) is 22.7 Å². The second kappa shape index (κ2) is 9.11. The summed E-state index contributed by atoms with van der Waals surface area (Å²) in [5, 5.41) is 14.6. The van der Waals surface area contributed by atoms with Gasteiger partial charge in [-0.15, -0.1) is 0 Å². The zero-order valence-electron chi connectivity index (χ0n) is 18.6. The fourth-order valence-corrected chi connectivity index (χ4v) is 5.24. The summed E-state index contributed by atoms with van der Waals surface area (Å²) in [5.41, 5.74) is 3.48. The van der Waals surface area contributed by atoms with E-state index >= 15 is 0 Å². The van der Waals surface area contributed by atoms with Crippen molar-refractivity contribution in [2.75, 3.05) is 5.32 Å². The Labute approximate surface area is 192 Å². The van der Waals surface area contributed by atoms with Crippen molar-refractivity contribution in [1.29, 1.82) is 5.26 Å². The van der Waals surface area contributed by atoms with Crippen LogP contribution in [-0.2, 0) is 0 Å². The first-order valence-corrected chi connectivity index (χ1v) is 11.6. The molecular weight excluding hydrogens is 413 g/mol. The monoisotopic (exact) mass is 439 g/mol. The van der Waals surface area contributed by atoms with E-state index in [2.05, 4.69) is 39.3 Å². The third-order valence-electron chi connectivity index (χ3n) is 6.86. The Morgan fingerprint density at radius 1 is 1.00 bits per heavy atom. The van der Waals surface area contributed by atoms with E-state index in [4.69, 9.17) is 5.26 Å². The summed E-state index contributed by atoms with van der Waals surface area (Å²) in [7, 11) is 0. The van der Waals surface area contributed by atoms with Crippen LogP contribution in [0.5, 0.6) is 0 Å².